The predicted molar refractivity (Wildman–Crippen MR) is 79.3 cm³/mol. The summed E-state index contributed by atoms with van der Waals surface area (Å²) in [6, 6.07) is 11.7. The number of nitrogens with zero attached hydrogens (tertiary/aromatic N) is 2. The van der Waals surface area contributed by atoms with Gasteiger partial charge < -0.3 is 10.5 Å². The second kappa shape index (κ2) is 5.09. The van der Waals surface area contributed by atoms with Crippen molar-refractivity contribution < 1.29 is 9.66 Å². The molecule has 0 saturated heterocycles. The molecule has 0 radical (unpaired) electrons. The SMILES string of the molecule is Nc1cncc(Oc2ccc([N+](=O)[O-])c3ccccc23)c1. The molecule has 6 nitrogen and oxygen atoms in total. The van der Waals surface area contributed by atoms with Crippen molar-refractivity contribution in [1.29, 1.82) is 0 Å². The number of rotatable bonds is 3. The third-order valence-electron chi connectivity index (χ3n) is 3.02. The summed E-state index contributed by atoms with van der Waals surface area (Å²) in [5.74, 6) is 0.998. The number of anilines is 1. The molecular formula is C15H11N3O3. The van der Waals surface area contributed by atoms with Crippen molar-refractivity contribution in [1.82, 2.24) is 4.98 Å². The van der Waals surface area contributed by atoms with Crippen molar-refractivity contribution in [3.8, 4) is 11.5 Å². The first kappa shape index (κ1) is 12.9. The lowest BCUT2D eigenvalue weighted by atomic mass is 10.1. The molecule has 1 heterocycles. The van der Waals surface area contributed by atoms with Crippen LogP contribution in [0.5, 0.6) is 11.5 Å². The van der Waals surface area contributed by atoms with Crippen molar-refractivity contribution in [2.75, 3.05) is 5.73 Å². The molecule has 0 spiro atoms. The summed E-state index contributed by atoms with van der Waals surface area (Å²) >= 11 is 0. The van der Waals surface area contributed by atoms with Gasteiger partial charge in [-0.25, -0.2) is 0 Å². The number of nitrogen functional groups attached to an aromatic ring is 1. The molecule has 1 aromatic heterocycles. The Balaban J connectivity index is 2.12. The minimum Gasteiger partial charge on any atom is -0.455 e. The molecule has 3 aromatic rings. The first-order valence-electron chi connectivity index (χ1n) is 6.19. The average molecular weight is 281 g/mol. The van der Waals surface area contributed by atoms with E-state index in [0.717, 1.165) is 0 Å². The summed E-state index contributed by atoms with van der Waals surface area (Å²) in [6.45, 7) is 0. The summed E-state index contributed by atoms with van der Waals surface area (Å²) in [7, 11) is 0. The summed E-state index contributed by atoms with van der Waals surface area (Å²) in [4.78, 5) is 14.6. The van der Waals surface area contributed by atoms with Crippen molar-refractivity contribution in [2.45, 2.75) is 0 Å². The van der Waals surface area contributed by atoms with Gasteiger partial charge in [0.05, 0.1) is 28.4 Å². The Morgan fingerprint density at radius 1 is 1.10 bits per heavy atom. The molecule has 0 unspecified atom stereocenters. The molecule has 0 aliphatic carbocycles. The molecule has 0 bridgehead atoms. The summed E-state index contributed by atoms with van der Waals surface area (Å²) in [5, 5.41) is 12.3. The summed E-state index contributed by atoms with van der Waals surface area (Å²) in [5.41, 5.74) is 6.19. The van der Waals surface area contributed by atoms with Crippen LogP contribution in [0.2, 0.25) is 0 Å². The number of aromatic nitrogens is 1. The van der Waals surface area contributed by atoms with Crippen molar-refractivity contribution in [3.05, 3.63) is 65.0 Å². The standard InChI is InChI=1S/C15H11N3O3/c16-10-7-11(9-17-8-10)21-15-6-5-14(18(19)20)12-3-1-2-4-13(12)15/h1-9H,16H2. The van der Waals surface area contributed by atoms with Gasteiger partial charge in [-0.3, -0.25) is 15.1 Å². The maximum Gasteiger partial charge on any atom is 0.277 e. The zero-order valence-electron chi connectivity index (χ0n) is 10.9. The number of ether oxygens (including phenoxy) is 1. The molecular weight excluding hydrogens is 270 g/mol. The first-order chi connectivity index (χ1) is 10.1. The highest BCUT2D eigenvalue weighted by Gasteiger charge is 2.14. The minimum atomic E-state index is -0.409. The molecule has 21 heavy (non-hydrogen) atoms. The smallest absolute Gasteiger partial charge is 0.277 e. The van der Waals surface area contributed by atoms with Crippen LogP contribution in [0.15, 0.2) is 54.9 Å². The monoisotopic (exact) mass is 281 g/mol. The Hall–Kier alpha value is -3.15. The maximum absolute atomic E-state index is 11.1. The topological polar surface area (TPSA) is 91.3 Å². The Kier molecular flexibility index (Phi) is 3.12. The Bertz CT molecular complexity index is 833. The second-order valence-corrected chi connectivity index (χ2v) is 4.44. The van der Waals surface area contributed by atoms with Crippen LogP contribution in [0.3, 0.4) is 0 Å². The second-order valence-electron chi connectivity index (χ2n) is 4.44. The number of benzene rings is 2. The van der Waals surface area contributed by atoms with E-state index in [1.54, 1.807) is 36.4 Å². The highest BCUT2D eigenvalue weighted by Crippen LogP contribution is 2.35. The number of hydrogen-bond acceptors (Lipinski definition) is 5. The number of fused-ring (bicyclic) bond motifs is 1. The van der Waals surface area contributed by atoms with E-state index in [1.165, 1.54) is 18.5 Å². The average Bonchev–Trinajstić information content (AvgIpc) is 2.47. The van der Waals surface area contributed by atoms with Crippen LogP contribution in [0.25, 0.3) is 10.8 Å². The largest absolute Gasteiger partial charge is 0.455 e. The van der Waals surface area contributed by atoms with Gasteiger partial charge >= 0.3 is 0 Å². The quantitative estimate of drug-likeness (QED) is 0.585. The number of nitrogens with two attached hydrogens (primary N) is 1. The fourth-order valence-corrected chi connectivity index (χ4v) is 2.12. The van der Waals surface area contributed by atoms with E-state index in [9.17, 15) is 10.1 Å². The van der Waals surface area contributed by atoms with Crippen LogP contribution in [-0.4, -0.2) is 9.91 Å². The third-order valence-corrected chi connectivity index (χ3v) is 3.02. The third kappa shape index (κ3) is 2.46. The number of non-ortho nitro benzene ring substituents is 1. The van der Waals surface area contributed by atoms with Crippen molar-refractivity contribution >= 4 is 22.1 Å². The highest BCUT2D eigenvalue weighted by molar-refractivity contribution is 5.95. The molecule has 6 heteroatoms. The molecule has 104 valence electrons. The molecule has 0 fully saturated rings. The van der Waals surface area contributed by atoms with Gasteiger partial charge in [-0.15, -0.1) is 0 Å². The fourth-order valence-electron chi connectivity index (χ4n) is 2.12. The first-order valence-corrected chi connectivity index (χ1v) is 6.19. The lowest BCUT2D eigenvalue weighted by Gasteiger charge is -2.09. The van der Waals surface area contributed by atoms with Gasteiger partial charge in [-0.2, -0.15) is 0 Å². The van der Waals surface area contributed by atoms with Crippen molar-refractivity contribution in [2.24, 2.45) is 0 Å². The normalized spacial score (nSPS) is 10.5. The van der Waals surface area contributed by atoms with E-state index in [4.69, 9.17) is 10.5 Å². The van der Waals surface area contributed by atoms with E-state index in [2.05, 4.69) is 4.98 Å². The lowest BCUT2D eigenvalue weighted by molar-refractivity contribution is -0.383. The van der Waals surface area contributed by atoms with E-state index < -0.39 is 4.92 Å². The van der Waals surface area contributed by atoms with E-state index in [-0.39, 0.29) is 5.69 Å². The Morgan fingerprint density at radius 3 is 2.57 bits per heavy atom. The molecule has 0 amide bonds. The molecule has 2 aromatic carbocycles. The van der Waals surface area contributed by atoms with Gasteiger partial charge in [0.2, 0.25) is 0 Å². The Morgan fingerprint density at radius 2 is 1.86 bits per heavy atom. The minimum absolute atomic E-state index is 0.0450. The fraction of sp³-hybridized carbons (Fsp3) is 0. The van der Waals surface area contributed by atoms with E-state index in [0.29, 0.717) is 28.0 Å². The van der Waals surface area contributed by atoms with Crippen LogP contribution in [0.4, 0.5) is 11.4 Å². The molecule has 0 atom stereocenters. The Labute approximate surface area is 119 Å². The molecule has 0 saturated carbocycles. The maximum atomic E-state index is 11.1. The number of hydrogen-bond donors (Lipinski definition) is 1. The van der Waals surface area contributed by atoms with E-state index >= 15 is 0 Å². The number of nitro groups is 1. The van der Waals surface area contributed by atoms with Gasteiger partial charge in [0.25, 0.3) is 5.69 Å². The zero-order chi connectivity index (χ0) is 14.8. The summed E-state index contributed by atoms with van der Waals surface area (Å²) in [6.07, 6.45) is 3.05. The lowest BCUT2D eigenvalue weighted by Crippen LogP contribution is -1.93. The van der Waals surface area contributed by atoms with Gasteiger partial charge in [-0.1, -0.05) is 18.2 Å². The molecule has 0 aliphatic heterocycles. The molecule has 2 N–H and O–H groups in total. The van der Waals surface area contributed by atoms with Crippen molar-refractivity contribution in [3.63, 3.8) is 0 Å². The van der Waals surface area contributed by atoms with Gasteiger partial charge in [-0.05, 0) is 12.1 Å². The van der Waals surface area contributed by atoms with Crippen LogP contribution in [0.1, 0.15) is 0 Å². The zero-order valence-corrected chi connectivity index (χ0v) is 10.9. The van der Waals surface area contributed by atoms with Crippen LogP contribution in [-0.2, 0) is 0 Å². The molecule has 3 rings (SSSR count). The van der Waals surface area contributed by atoms with E-state index in [1.807, 2.05) is 0 Å². The van der Waals surface area contributed by atoms with Gasteiger partial charge in [0.15, 0.2) is 0 Å². The number of nitro benzene ring substituents is 1. The highest BCUT2D eigenvalue weighted by atomic mass is 16.6. The predicted octanol–water partition coefficient (Wildman–Crippen LogP) is 3.52. The van der Waals surface area contributed by atoms with Crippen LogP contribution in [0, 0.1) is 10.1 Å². The van der Waals surface area contributed by atoms with Crippen LogP contribution >= 0.6 is 0 Å². The molecule has 0 aliphatic rings. The summed E-state index contributed by atoms with van der Waals surface area (Å²) < 4.78 is 5.74. The van der Waals surface area contributed by atoms with Gasteiger partial charge in [0.1, 0.15) is 11.5 Å². The van der Waals surface area contributed by atoms with Gasteiger partial charge in [0, 0.05) is 17.5 Å². The van der Waals surface area contributed by atoms with Crippen LogP contribution < -0.4 is 10.5 Å². The number of pyridine rings is 1.